The normalized spacial score (nSPS) is 12.6. The van der Waals surface area contributed by atoms with E-state index < -0.39 is 0 Å². The van der Waals surface area contributed by atoms with Gasteiger partial charge in [-0.1, -0.05) is 175 Å². The number of nitrogens with zero attached hydrogens (tertiary/aromatic N) is 4. The molecule has 0 radical (unpaired) electrons. The Morgan fingerprint density at radius 2 is 1.24 bits per heavy atom. The van der Waals surface area contributed by atoms with Gasteiger partial charge >= 0.3 is 0 Å². The maximum atomic E-state index is 12.6. The molecular formula is C60H67N4OPt-. The first-order chi connectivity index (χ1) is 30.4. The fourth-order valence-electron chi connectivity index (χ4n) is 9.10. The predicted octanol–water partition coefficient (Wildman–Crippen LogP) is 15.8. The molecule has 0 amide bonds. The molecule has 1 N–H and O–H groups in total. The van der Waals surface area contributed by atoms with Crippen LogP contribution in [0.2, 0.25) is 0 Å². The van der Waals surface area contributed by atoms with Crippen molar-refractivity contribution >= 4 is 21.9 Å². The summed E-state index contributed by atoms with van der Waals surface area (Å²) in [5, 5.41) is 13.6. The number of imidazole rings is 1. The van der Waals surface area contributed by atoms with Gasteiger partial charge in [0, 0.05) is 37.9 Å². The van der Waals surface area contributed by atoms with E-state index in [1.165, 1.54) is 16.7 Å². The number of hydrogen-bond acceptors (Lipinski definition) is 4. The van der Waals surface area contributed by atoms with E-state index >= 15 is 0 Å². The first-order valence-electron chi connectivity index (χ1n) is 23.3. The molecule has 0 saturated heterocycles. The maximum Gasteiger partial charge on any atom is 0.148 e. The number of hydrogen-bond donors (Lipinski definition) is 1. The van der Waals surface area contributed by atoms with Crippen LogP contribution in [0.5, 0.6) is 5.75 Å². The molecule has 0 unspecified atom stereocenters. The summed E-state index contributed by atoms with van der Waals surface area (Å²) in [6.45, 7) is 33.4. The van der Waals surface area contributed by atoms with Gasteiger partial charge in [-0.15, -0.1) is 29.3 Å². The van der Waals surface area contributed by atoms with Crippen molar-refractivity contribution in [3.63, 3.8) is 0 Å². The van der Waals surface area contributed by atoms with Crippen LogP contribution in [0, 0.1) is 18.9 Å². The zero-order valence-corrected chi connectivity index (χ0v) is 44.0. The molecule has 0 atom stereocenters. The summed E-state index contributed by atoms with van der Waals surface area (Å²) in [6.07, 6.45) is 2.67. The third kappa shape index (κ3) is 9.43. The minimum absolute atomic E-state index is 0. The molecule has 5 nitrogen and oxygen atoms in total. The zero-order valence-electron chi connectivity index (χ0n) is 41.7. The van der Waals surface area contributed by atoms with Crippen LogP contribution in [-0.2, 0) is 49.1 Å². The van der Waals surface area contributed by atoms with Gasteiger partial charge in [-0.05, 0) is 98.4 Å². The van der Waals surface area contributed by atoms with Gasteiger partial charge < -0.3 is 5.11 Å². The number of phenols is 1. The second-order valence-corrected chi connectivity index (χ2v) is 22.8. The number of benzene rings is 6. The monoisotopic (exact) mass is 1050 g/mol. The van der Waals surface area contributed by atoms with E-state index in [1.807, 2.05) is 0 Å². The topological polar surface area (TPSA) is 63.8 Å². The molecule has 2 aromatic heterocycles. The van der Waals surface area contributed by atoms with E-state index in [4.69, 9.17) is 15.0 Å². The summed E-state index contributed by atoms with van der Waals surface area (Å²) in [4.78, 5) is 15.5. The van der Waals surface area contributed by atoms with E-state index in [0.717, 1.165) is 84.2 Å². The summed E-state index contributed by atoms with van der Waals surface area (Å²) < 4.78 is 2.28. The number of para-hydroxylation sites is 1. The first kappa shape index (κ1) is 48.5. The van der Waals surface area contributed by atoms with Gasteiger partial charge in [-0.3, -0.25) is 9.55 Å². The number of phenolic OH excluding ortho intramolecular Hbond substituents is 1. The Balaban J connectivity index is 0.00000648. The fourth-order valence-corrected chi connectivity index (χ4v) is 9.10. The molecule has 6 heteroatoms. The van der Waals surface area contributed by atoms with Crippen LogP contribution in [0.1, 0.15) is 130 Å². The van der Waals surface area contributed by atoms with Crippen molar-refractivity contribution in [1.29, 1.82) is 0 Å². The minimum atomic E-state index is -0.330. The van der Waals surface area contributed by atoms with Gasteiger partial charge in [-0.2, -0.15) is 0 Å². The average molecular weight is 1060 g/mol. The summed E-state index contributed by atoms with van der Waals surface area (Å²) >= 11 is 0. The Bertz CT molecular complexity index is 3090. The van der Waals surface area contributed by atoms with Crippen LogP contribution >= 0.6 is 0 Å². The Morgan fingerprint density at radius 3 is 1.88 bits per heavy atom. The molecule has 8 aromatic rings. The molecular weight excluding hydrogens is 988 g/mol. The first-order valence-corrected chi connectivity index (χ1v) is 23.3. The van der Waals surface area contributed by atoms with Crippen molar-refractivity contribution in [3.05, 3.63) is 149 Å². The fraction of sp³-hybridized carbons (Fsp3) is 0.350. The summed E-state index contributed by atoms with van der Waals surface area (Å²) in [7, 11) is 0. The molecule has 0 fully saturated rings. The molecule has 0 spiro atoms. The van der Waals surface area contributed by atoms with Crippen molar-refractivity contribution in [1.82, 2.24) is 19.5 Å². The molecule has 0 aliphatic rings. The van der Waals surface area contributed by atoms with E-state index in [0.29, 0.717) is 17.3 Å². The van der Waals surface area contributed by atoms with Crippen LogP contribution < -0.4 is 0 Å². The number of aromatic nitrogens is 4. The van der Waals surface area contributed by atoms with Crippen LogP contribution in [0.15, 0.2) is 109 Å². The Labute approximate surface area is 408 Å². The van der Waals surface area contributed by atoms with Crippen molar-refractivity contribution in [3.8, 4) is 56.3 Å². The van der Waals surface area contributed by atoms with E-state index in [-0.39, 0.29) is 48.5 Å². The van der Waals surface area contributed by atoms with E-state index in [2.05, 4.69) is 218 Å². The van der Waals surface area contributed by atoms with E-state index in [9.17, 15) is 5.11 Å². The Kier molecular flexibility index (Phi) is 13.0. The molecule has 344 valence electrons. The van der Waals surface area contributed by atoms with Gasteiger partial charge in [0.25, 0.3) is 0 Å². The molecule has 0 saturated carbocycles. The maximum absolute atomic E-state index is 12.6. The SMILES string of the molecule is Cc1cc(CC(C)C)cc2c(-c3[c-]c(-c4cccc5c4nc(-c4cc(C(C)(C)C)cc(C(C)(C)C)c4O)n5-c4ccc(C(C)(C)C)cc4-c4ccccc4)cc(C(C)(C)C)c3)ncnc12.[Pt]. The molecule has 2 heterocycles. The van der Waals surface area contributed by atoms with Crippen molar-refractivity contribution in [2.45, 2.75) is 132 Å². The summed E-state index contributed by atoms with van der Waals surface area (Å²) in [5.41, 5.74) is 16.4. The van der Waals surface area contributed by atoms with Gasteiger partial charge in [0.2, 0.25) is 0 Å². The van der Waals surface area contributed by atoms with E-state index in [1.54, 1.807) is 6.33 Å². The third-order valence-corrected chi connectivity index (χ3v) is 12.8. The minimum Gasteiger partial charge on any atom is -0.507 e. The van der Waals surface area contributed by atoms with Crippen molar-refractivity contribution < 1.29 is 26.2 Å². The Hall–Kier alpha value is -5.38. The molecule has 0 aliphatic carbocycles. The largest absolute Gasteiger partial charge is 0.507 e. The second kappa shape index (κ2) is 17.7. The van der Waals surface area contributed by atoms with Crippen LogP contribution in [0.3, 0.4) is 0 Å². The Morgan fingerprint density at radius 1 is 0.606 bits per heavy atom. The predicted molar refractivity (Wildman–Crippen MR) is 274 cm³/mol. The van der Waals surface area contributed by atoms with Crippen LogP contribution in [-0.4, -0.2) is 24.6 Å². The van der Waals surface area contributed by atoms with Crippen molar-refractivity contribution in [2.75, 3.05) is 0 Å². The third-order valence-electron chi connectivity index (χ3n) is 12.8. The van der Waals surface area contributed by atoms with Gasteiger partial charge in [0.15, 0.2) is 0 Å². The van der Waals surface area contributed by atoms with Gasteiger partial charge in [-0.25, -0.2) is 9.97 Å². The van der Waals surface area contributed by atoms with Gasteiger partial charge in [0.1, 0.15) is 17.9 Å². The second-order valence-electron chi connectivity index (χ2n) is 22.8. The molecule has 6 aromatic carbocycles. The average Bonchev–Trinajstić information content (AvgIpc) is 3.61. The molecule has 0 aliphatic heterocycles. The zero-order chi connectivity index (χ0) is 47.0. The van der Waals surface area contributed by atoms with Gasteiger partial charge in [0.05, 0.1) is 27.8 Å². The number of fused-ring (bicyclic) bond motifs is 2. The summed E-state index contributed by atoms with van der Waals surface area (Å²) in [6, 6.07) is 41.3. The van der Waals surface area contributed by atoms with Crippen molar-refractivity contribution in [2.24, 2.45) is 5.92 Å². The number of aromatic hydroxyl groups is 1. The number of aryl methyl sites for hydroxylation is 1. The molecule has 0 bridgehead atoms. The summed E-state index contributed by atoms with van der Waals surface area (Å²) in [5.74, 6) is 1.46. The number of rotatable bonds is 7. The smallest absolute Gasteiger partial charge is 0.148 e. The molecule has 8 rings (SSSR count). The quantitative estimate of drug-likeness (QED) is 0.162. The molecule has 66 heavy (non-hydrogen) atoms. The standard InChI is InChI=1S/C60H67N4O.Pt/c1-36(2)26-38-27-37(3)52-47(28-38)53(62-35-61-52)41-29-40(30-43(31-41)58(7,8)9)45-22-19-23-51-54(45)63-56(48-33-44(59(10,11)12)34-49(55(48)65)60(13,14)15)64(51)50-25-24-42(57(4,5)6)32-46(50)39-20-17-16-18-21-39;/h16-25,27-28,30-36,65H,26H2,1-15H3;/q-1;. The van der Waals surface area contributed by atoms with Crippen LogP contribution in [0.25, 0.3) is 72.5 Å². The van der Waals surface area contributed by atoms with Crippen LogP contribution in [0.4, 0.5) is 0 Å².